The maximum Gasteiger partial charge on any atom is 0.407 e. The highest BCUT2D eigenvalue weighted by atomic mass is 16.6. The molecule has 2 amide bonds. The molecular formula is C31H36N6O3. The minimum Gasteiger partial charge on any atom is -0.444 e. The molecule has 2 bridgehead atoms. The molecule has 3 aliphatic rings. The first-order chi connectivity index (χ1) is 19.2. The van der Waals surface area contributed by atoms with Gasteiger partial charge in [-0.3, -0.25) is 4.79 Å². The zero-order valence-electron chi connectivity index (χ0n) is 23.6. The quantitative estimate of drug-likeness (QED) is 0.376. The molecule has 0 spiro atoms. The van der Waals surface area contributed by atoms with Gasteiger partial charge >= 0.3 is 6.09 Å². The minimum atomic E-state index is -0.559. The van der Waals surface area contributed by atoms with E-state index in [9.17, 15) is 9.59 Å². The number of nitrogens with one attached hydrogen (secondary N) is 1. The number of ether oxygens (including phenoxy) is 1. The number of hydrogen-bond acceptors (Lipinski definition) is 5. The Hall–Kier alpha value is -3.88. The van der Waals surface area contributed by atoms with Gasteiger partial charge in [-0.25, -0.2) is 14.3 Å². The van der Waals surface area contributed by atoms with Crippen molar-refractivity contribution in [2.75, 3.05) is 6.54 Å². The molecule has 0 radical (unpaired) electrons. The molecule has 5 heterocycles. The number of nitrogens with zero attached hydrogens (tertiary/aromatic N) is 5. The lowest BCUT2D eigenvalue weighted by molar-refractivity contribution is 0.0485. The molecule has 2 unspecified atom stereocenters. The molecule has 2 aliphatic carbocycles. The van der Waals surface area contributed by atoms with Gasteiger partial charge in [0.1, 0.15) is 16.9 Å². The van der Waals surface area contributed by atoms with Gasteiger partial charge in [0.05, 0.1) is 28.9 Å². The van der Waals surface area contributed by atoms with Crippen LogP contribution in [0, 0.1) is 18.8 Å². The number of aryl methyl sites for hydroxylation is 1. The summed E-state index contributed by atoms with van der Waals surface area (Å²) in [5, 5.41) is 9.16. The van der Waals surface area contributed by atoms with Gasteiger partial charge in [-0.2, -0.15) is 5.10 Å². The Morgan fingerprint density at radius 3 is 2.73 bits per heavy atom. The van der Waals surface area contributed by atoms with Crippen molar-refractivity contribution in [3.63, 3.8) is 0 Å². The lowest BCUT2D eigenvalue weighted by atomic mass is 10.1. The van der Waals surface area contributed by atoms with E-state index in [4.69, 9.17) is 9.84 Å². The van der Waals surface area contributed by atoms with Crippen LogP contribution in [0.5, 0.6) is 0 Å². The minimum absolute atomic E-state index is 0.0214. The van der Waals surface area contributed by atoms with Crippen molar-refractivity contribution in [2.24, 2.45) is 11.8 Å². The highest BCUT2D eigenvalue weighted by Gasteiger charge is 2.49. The summed E-state index contributed by atoms with van der Waals surface area (Å²) >= 11 is 0. The fraction of sp³-hybridized carbons (Fsp3) is 0.484. The number of carbonyl (C=O) groups excluding carboxylic acids is 2. The number of amides is 2. The summed E-state index contributed by atoms with van der Waals surface area (Å²) in [6.07, 6.45) is 7.68. The first-order valence-electron chi connectivity index (χ1n) is 14.4. The number of hydrogen-bond donors (Lipinski definition) is 1. The van der Waals surface area contributed by atoms with Crippen molar-refractivity contribution < 1.29 is 14.3 Å². The van der Waals surface area contributed by atoms with Gasteiger partial charge in [0, 0.05) is 36.4 Å². The van der Waals surface area contributed by atoms with Gasteiger partial charge in [0.25, 0.3) is 5.91 Å². The van der Waals surface area contributed by atoms with E-state index in [-0.39, 0.29) is 23.9 Å². The van der Waals surface area contributed by atoms with E-state index in [0.717, 1.165) is 52.9 Å². The van der Waals surface area contributed by atoms with Crippen LogP contribution in [0.2, 0.25) is 0 Å². The molecule has 0 aromatic carbocycles. The zero-order chi connectivity index (χ0) is 27.8. The standard InChI is InChI=1S/C31H36N6O3/c1-18-23-11-10-22(29(38)36-16-21-9-12-24(36)27(21)33-30(39)40-31(2,3)4)17-37(23)34-26(18)25-14-20-6-5-13-32-28(20)35(25)15-19-7-8-19/h5-6,10-11,13-14,17,19,21,24,27H,7-9,12,15-16H2,1-4H3,(H,33,39)/t21?,24?,27-/m1/s1. The Kier molecular flexibility index (Phi) is 5.70. The fourth-order valence-electron chi connectivity index (χ4n) is 6.63. The third kappa shape index (κ3) is 4.32. The number of piperidine rings is 1. The largest absolute Gasteiger partial charge is 0.444 e. The third-order valence-corrected chi connectivity index (χ3v) is 8.69. The molecule has 2 saturated carbocycles. The second-order valence-corrected chi connectivity index (χ2v) is 12.8. The Morgan fingerprint density at radius 1 is 1.12 bits per heavy atom. The first kappa shape index (κ1) is 25.1. The van der Waals surface area contributed by atoms with Crippen LogP contribution in [0.4, 0.5) is 4.79 Å². The number of carbonyl (C=O) groups is 2. The Balaban J connectivity index is 1.17. The predicted octanol–water partition coefficient (Wildman–Crippen LogP) is 5.20. The lowest BCUT2D eigenvalue weighted by Gasteiger charge is -2.28. The molecule has 3 atom stereocenters. The van der Waals surface area contributed by atoms with Gasteiger partial charge in [-0.05, 0) is 95.5 Å². The lowest BCUT2D eigenvalue weighted by Crippen LogP contribution is -2.46. The van der Waals surface area contributed by atoms with E-state index >= 15 is 0 Å². The predicted molar refractivity (Wildman–Crippen MR) is 152 cm³/mol. The van der Waals surface area contributed by atoms with Crippen LogP contribution in [-0.2, 0) is 11.3 Å². The first-order valence-corrected chi connectivity index (χ1v) is 14.4. The average molecular weight is 541 g/mol. The van der Waals surface area contributed by atoms with Crippen molar-refractivity contribution in [1.82, 2.24) is 29.4 Å². The summed E-state index contributed by atoms with van der Waals surface area (Å²) in [5.41, 5.74) is 5.10. The van der Waals surface area contributed by atoms with E-state index in [1.54, 1.807) is 0 Å². The summed E-state index contributed by atoms with van der Waals surface area (Å²) in [7, 11) is 0. The van der Waals surface area contributed by atoms with Crippen LogP contribution in [0.1, 0.15) is 62.4 Å². The maximum absolute atomic E-state index is 13.7. The molecule has 1 N–H and O–H groups in total. The number of aromatic nitrogens is 4. The molecule has 4 aromatic heterocycles. The second kappa shape index (κ2) is 9.08. The van der Waals surface area contributed by atoms with Crippen LogP contribution in [0.3, 0.4) is 0 Å². The van der Waals surface area contributed by atoms with Gasteiger partial charge in [-0.1, -0.05) is 0 Å². The van der Waals surface area contributed by atoms with Crippen LogP contribution in [0.25, 0.3) is 27.9 Å². The highest BCUT2D eigenvalue weighted by Crippen LogP contribution is 2.39. The second-order valence-electron chi connectivity index (χ2n) is 12.8. The molecule has 3 fully saturated rings. The van der Waals surface area contributed by atoms with Crippen LogP contribution in [-0.4, -0.2) is 60.3 Å². The molecule has 4 aromatic rings. The Labute approximate surface area is 233 Å². The van der Waals surface area contributed by atoms with Crippen molar-refractivity contribution >= 4 is 28.6 Å². The number of rotatable bonds is 5. The van der Waals surface area contributed by atoms with E-state index in [1.807, 2.05) is 60.8 Å². The number of pyridine rings is 2. The van der Waals surface area contributed by atoms with Crippen LogP contribution >= 0.6 is 0 Å². The number of alkyl carbamates (subject to hydrolysis) is 1. The monoisotopic (exact) mass is 540 g/mol. The summed E-state index contributed by atoms with van der Waals surface area (Å²) in [4.78, 5) is 32.8. The van der Waals surface area contributed by atoms with Gasteiger partial charge < -0.3 is 19.5 Å². The topological polar surface area (TPSA) is 93.8 Å². The molecule has 9 heteroatoms. The summed E-state index contributed by atoms with van der Waals surface area (Å²) in [5.74, 6) is 0.917. The van der Waals surface area contributed by atoms with Crippen molar-refractivity contribution in [1.29, 1.82) is 0 Å². The van der Waals surface area contributed by atoms with Crippen LogP contribution in [0.15, 0.2) is 42.7 Å². The third-order valence-electron chi connectivity index (χ3n) is 8.69. The normalized spacial score (nSPS) is 22.4. The summed E-state index contributed by atoms with van der Waals surface area (Å²) in [6.45, 7) is 9.25. The molecule has 1 saturated heterocycles. The van der Waals surface area contributed by atoms with Gasteiger partial charge in [0.15, 0.2) is 0 Å². The van der Waals surface area contributed by atoms with E-state index in [1.165, 1.54) is 12.8 Å². The smallest absolute Gasteiger partial charge is 0.407 e. The number of fused-ring (bicyclic) bond motifs is 4. The van der Waals surface area contributed by atoms with E-state index in [2.05, 4.69) is 33.9 Å². The summed E-state index contributed by atoms with van der Waals surface area (Å²) < 4.78 is 9.64. The van der Waals surface area contributed by atoms with Gasteiger partial charge in [0.2, 0.25) is 0 Å². The molecule has 208 valence electrons. The number of likely N-dealkylation sites (tertiary alicyclic amines) is 1. The maximum atomic E-state index is 13.7. The SMILES string of the molecule is Cc1c(-c2cc3cccnc3n2CC2CC2)nn2cc(C(=O)N3CC4CCC3[C@@H]4NC(=O)OC(C)(C)C)ccc12. The van der Waals surface area contributed by atoms with Crippen molar-refractivity contribution in [3.8, 4) is 11.4 Å². The molecular weight excluding hydrogens is 504 g/mol. The summed E-state index contributed by atoms with van der Waals surface area (Å²) in [6, 6.07) is 10.1. The van der Waals surface area contributed by atoms with Gasteiger partial charge in [-0.15, -0.1) is 0 Å². The Morgan fingerprint density at radius 2 is 1.95 bits per heavy atom. The molecule has 1 aliphatic heterocycles. The van der Waals surface area contributed by atoms with Crippen LogP contribution < -0.4 is 5.32 Å². The van der Waals surface area contributed by atoms with E-state index < -0.39 is 11.7 Å². The fourth-order valence-corrected chi connectivity index (χ4v) is 6.63. The van der Waals surface area contributed by atoms with Crippen molar-refractivity contribution in [2.45, 2.75) is 77.6 Å². The molecule has 40 heavy (non-hydrogen) atoms. The van der Waals surface area contributed by atoms with E-state index in [0.29, 0.717) is 18.0 Å². The molecule has 7 rings (SSSR count). The van der Waals surface area contributed by atoms with Crippen molar-refractivity contribution in [3.05, 3.63) is 53.9 Å². The Bertz CT molecular complexity index is 1640. The average Bonchev–Trinajstić information content (AvgIpc) is 3.26. The molecule has 9 nitrogen and oxygen atoms in total. The zero-order valence-corrected chi connectivity index (χ0v) is 23.6. The highest BCUT2D eigenvalue weighted by molar-refractivity contribution is 5.95.